The number of aryl methyl sites for hydroxylation is 1. The number of aromatic nitrogens is 2. The van der Waals surface area contributed by atoms with Crippen LogP contribution in [0.4, 0.5) is 5.69 Å². The highest BCUT2D eigenvalue weighted by atomic mass is 32.2. The topological polar surface area (TPSA) is 66.1 Å². The van der Waals surface area contributed by atoms with Crippen molar-refractivity contribution in [2.75, 3.05) is 17.6 Å². The van der Waals surface area contributed by atoms with Gasteiger partial charge in [-0.3, -0.25) is 4.31 Å². The summed E-state index contributed by atoms with van der Waals surface area (Å²) in [4.78, 5) is 7.32. The first-order valence-corrected chi connectivity index (χ1v) is 6.63. The minimum absolute atomic E-state index is 0.624. The number of sulfonamides is 1. The average Bonchev–Trinajstić information content (AvgIpc) is 2.54. The first kappa shape index (κ1) is 10.9. The van der Waals surface area contributed by atoms with Crippen molar-refractivity contribution in [2.45, 2.75) is 6.92 Å². The normalized spacial score (nSPS) is 11.9. The van der Waals surface area contributed by atoms with Crippen LogP contribution in [0.5, 0.6) is 0 Å². The molecule has 5 nitrogen and oxygen atoms in total. The van der Waals surface area contributed by atoms with Crippen LogP contribution in [-0.2, 0) is 10.0 Å². The van der Waals surface area contributed by atoms with E-state index < -0.39 is 10.0 Å². The summed E-state index contributed by atoms with van der Waals surface area (Å²) in [6.07, 6.45) is 1.18. The molecule has 0 aliphatic carbocycles. The summed E-state index contributed by atoms with van der Waals surface area (Å²) in [6, 6.07) is 5.32. The van der Waals surface area contributed by atoms with Crippen LogP contribution < -0.4 is 4.31 Å². The molecule has 1 heterocycles. The van der Waals surface area contributed by atoms with E-state index in [1.54, 1.807) is 18.2 Å². The van der Waals surface area contributed by atoms with Gasteiger partial charge in [-0.2, -0.15) is 0 Å². The molecule has 1 N–H and O–H groups in total. The number of hydrogen-bond acceptors (Lipinski definition) is 3. The zero-order valence-electron chi connectivity index (χ0n) is 9.35. The molecular weight excluding hydrogens is 226 g/mol. The van der Waals surface area contributed by atoms with Crippen molar-refractivity contribution in [1.82, 2.24) is 9.97 Å². The van der Waals surface area contributed by atoms with Crippen LogP contribution in [0.25, 0.3) is 11.0 Å². The van der Waals surface area contributed by atoms with E-state index in [-0.39, 0.29) is 0 Å². The highest BCUT2D eigenvalue weighted by molar-refractivity contribution is 7.92. The van der Waals surface area contributed by atoms with E-state index in [4.69, 9.17) is 0 Å². The highest BCUT2D eigenvalue weighted by Gasteiger charge is 2.12. The van der Waals surface area contributed by atoms with Crippen LogP contribution in [0.3, 0.4) is 0 Å². The van der Waals surface area contributed by atoms with Gasteiger partial charge in [0.2, 0.25) is 10.0 Å². The Labute approximate surface area is 94.2 Å². The second-order valence-electron chi connectivity index (χ2n) is 3.75. The number of nitrogens with one attached hydrogen (secondary N) is 1. The molecule has 0 fully saturated rings. The average molecular weight is 239 g/mol. The number of aromatic amines is 1. The SMILES string of the molecule is Cc1nc2ccc(N(C)S(C)(=O)=O)cc2[nH]1. The smallest absolute Gasteiger partial charge is 0.231 e. The van der Waals surface area contributed by atoms with Crippen molar-refractivity contribution in [3.8, 4) is 0 Å². The minimum Gasteiger partial charge on any atom is -0.342 e. The van der Waals surface area contributed by atoms with Crippen molar-refractivity contribution < 1.29 is 8.42 Å². The molecule has 0 radical (unpaired) electrons. The fourth-order valence-corrected chi connectivity index (χ4v) is 2.01. The third-order valence-electron chi connectivity index (χ3n) is 2.44. The van der Waals surface area contributed by atoms with Gasteiger partial charge >= 0.3 is 0 Å². The molecular formula is C10H13N3O2S. The fraction of sp³-hybridized carbons (Fsp3) is 0.300. The lowest BCUT2D eigenvalue weighted by Gasteiger charge is -2.16. The molecule has 1 aromatic heterocycles. The number of H-pyrrole nitrogens is 1. The van der Waals surface area contributed by atoms with Crippen molar-refractivity contribution in [3.63, 3.8) is 0 Å². The summed E-state index contributed by atoms with van der Waals surface area (Å²) in [5.41, 5.74) is 2.30. The van der Waals surface area contributed by atoms with Gasteiger partial charge in [0.25, 0.3) is 0 Å². The molecule has 0 atom stereocenters. The number of hydrogen-bond donors (Lipinski definition) is 1. The van der Waals surface area contributed by atoms with Gasteiger partial charge in [0.1, 0.15) is 5.82 Å². The van der Waals surface area contributed by atoms with Crippen molar-refractivity contribution in [1.29, 1.82) is 0 Å². The second-order valence-corrected chi connectivity index (χ2v) is 5.77. The molecule has 0 saturated heterocycles. The molecule has 6 heteroatoms. The van der Waals surface area contributed by atoms with Crippen LogP contribution in [0.15, 0.2) is 18.2 Å². The zero-order valence-corrected chi connectivity index (χ0v) is 10.2. The van der Waals surface area contributed by atoms with Crippen molar-refractivity contribution in [3.05, 3.63) is 24.0 Å². The predicted octanol–water partition coefficient (Wildman–Crippen LogP) is 1.27. The number of nitrogens with zero attached hydrogens (tertiary/aromatic N) is 2. The van der Waals surface area contributed by atoms with E-state index in [1.165, 1.54) is 17.6 Å². The largest absolute Gasteiger partial charge is 0.342 e. The Hall–Kier alpha value is -1.56. The van der Waals surface area contributed by atoms with E-state index in [0.29, 0.717) is 5.69 Å². The molecule has 86 valence electrons. The van der Waals surface area contributed by atoms with Gasteiger partial charge in [-0.25, -0.2) is 13.4 Å². The summed E-state index contributed by atoms with van der Waals surface area (Å²) in [7, 11) is -1.69. The van der Waals surface area contributed by atoms with Crippen LogP contribution in [0, 0.1) is 6.92 Å². The van der Waals surface area contributed by atoms with Crippen LogP contribution in [-0.4, -0.2) is 31.7 Å². The molecule has 0 bridgehead atoms. The van der Waals surface area contributed by atoms with Crippen LogP contribution >= 0.6 is 0 Å². The molecule has 0 aliphatic rings. The molecule has 16 heavy (non-hydrogen) atoms. The van der Waals surface area contributed by atoms with Crippen molar-refractivity contribution >= 4 is 26.7 Å². The number of rotatable bonds is 2. The first-order valence-electron chi connectivity index (χ1n) is 4.78. The second kappa shape index (κ2) is 3.48. The fourth-order valence-electron chi connectivity index (χ4n) is 1.51. The molecule has 0 unspecified atom stereocenters. The van der Waals surface area contributed by atoms with Crippen molar-refractivity contribution in [2.24, 2.45) is 0 Å². The van der Waals surface area contributed by atoms with Gasteiger partial charge in [-0.05, 0) is 25.1 Å². The summed E-state index contributed by atoms with van der Waals surface area (Å²) in [5, 5.41) is 0. The number of benzene rings is 1. The Kier molecular flexibility index (Phi) is 2.38. The van der Waals surface area contributed by atoms with E-state index >= 15 is 0 Å². The summed E-state index contributed by atoms with van der Waals surface area (Å²) >= 11 is 0. The van der Waals surface area contributed by atoms with Gasteiger partial charge in [0.15, 0.2) is 0 Å². The maximum atomic E-state index is 11.4. The minimum atomic E-state index is -3.22. The van der Waals surface area contributed by atoms with Gasteiger partial charge in [0, 0.05) is 7.05 Å². The third kappa shape index (κ3) is 1.88. The van der Waals surface area contributed by atoms with E-state index in [1.807, 2.05) is 6.92 Å². The Balaban J connectivity index is 2.54. The summed E-state index contributed by atoms with van der Waals surface area (Å²) in [6.45, 7) is 1.86. The molecule has 0 spiro atoms. The lowest BCUT2D eigenvalue weighted by molar-refractivity contribution is 0.600. The van der Waals surface area contributed by atoms with Gasteiger partial charge in [-0.15, -0.1) is 0 Å². The first-order chi connectivity index (χ1) is 7.38. The summed E-state index contributed by atoms with van der Waals surface area (Å²) < 4.78 is 24.0. The third-order valence-corrected chi connectivity index (χ3v) is 3.65. The highest BCUT2D eigenvalue weighted by Crippen LogP contribution is 2.21. The molecule has 0 amide bonds. The molecule has 1 aromatic carbocycles. The Morgan fingerprint density at radius 3 is 2.69 bits per heavy atom. The maximum Gasteiger partial charge on any atom is 0.231 e. The zero-order chi connectivity index (χ0) is 11.9. The lowest BCUT2D eigenvalue weighted by Crippen LogP contribution is -2.24. The Morgan fingerprint density at radius 1 is 1.38 bits per heavy atom. The van der Waals surface area contributed by atoms with Gasteiger partial charge in [0.05, 0.1) is 23.0 Å². The number of anilines is 1. The lowest BCUT2D eigenvalue weighted by atomic mass is 10.3. The Bertz CT molecular complexity index is 631. The Morgan fingerprint density at radius 2 is 2.06 bits per heavy atom. The van der Waals surface area contributed by atoms with Gasteiger partial charge in [-0.1, -0.05) is 0 Å². The quantitative estimate of drug-likeness (QED) is 0.858. The summed E-state index contributed by atoms with van der Waals surface area (Å²) in [5.74, 6) is 0.814. The predicted molar refractivity (Wildman–Crippen MR) is 64.1 cm³/mol. The van der Waals surface area contributed by atoms with Crippen LogP contribution in [0.1, 0.15) is 5.82 Å². The van der Waals surface area contributed by atoms with Gasteiger partial charge < -0.3 is 4.98 Å². The number of imidazole rings is 1. The van der Waals surface area contributed by atoms with E-state index in [0.717, 1.165) is 16.9 Å². The molecule has 2 rings (SSSR count). The standard InChI is InChI=1S/C10H13N3O2S/c1-7-11-9-5-4-8(6-10(9)12-7)13(2)16(3,14)15/h4-6H,1-3H3,(H,11,12). The molecule has 0 saturated carbocycles. The van der Waals surface area contributed by atoms with E-state index in [9.17, 15) is 8.42 Å². The monoisotopic (exact) mass is 239 g/mol. The number of fused-ring (bicyclic) bond motifs is 1. The maximum absolute atomic E-state index is 11.4. The molecule has 2 aromatic rings. The molecule has 0 aliphatic heterocycles. The van der Waals surface area contributed by atoms with Crippen LogP contribution in [0.2, 0.25) is 0 Å². The van der Waals surface area contributed by atoms with E-state index in [2.05, 4.69) is 9.97 Å².